The third-order valence-electron chi connectivity index (χ3n) is 3.52. The van der Waals surface area contributed by atoms with E-state index in [-0.39, 0.29) is 0 Å². The van der Waals surface area contributed by atoms with E-state index in [0.29, 0.717) is 0 Å². The maximum absolute atomic E-state index is 2.52. The van der Waals surface area contributed by atoms with Crippen LogP contribution in [-0.2, 0) is 0 Å². The lowest BCUT2D eigenvalue weighted by molar-refractivity contribution is -0.562. The predicted molar refractivity (Wildman–Crippen MR) is 69.3 cm³/mol. The van der Waals surface area contributed by atoms with Crippen molar-refractivity contribution in [1.29, 1.82) is 0 Å². The van der Waals surface area contributed by atoms with Gasteiger partial charge >= 0.3 is 0 Å². The Hall–Kier alpha value is -1.11. The lowest BCUT2D eigenvalue weighted by atomic mass is 9.95. The molecular weight excluding hydrogens is 194 g/mol. The zero-order chi connectivity index (χ0) is 11.2. The van der Waals surface area contributed by atoms with Gasteiger partial charge in [0, 0.05) is 18.4 Å². The monoisotopic (exact) mass is 216 g/mol. The van der Waals surface area contributed by atoms with E-state index in [1.807, 2.05) is 0 Å². The van der Waals surface area contributed by atoms with Crippen LogP contribution in [0.4, 0.5) is 0 Å². The molecule has 1 aromatic carbocycles. The van der Waals surface area contributed by atoms with E-state index >= 15 is 0 Å². The first-order valence-electron chi connectivity index (χ1n) is 6.56. The normalized spacial score (nSPS) is 18.7. The summed E-state index contributed by atoms with van der Waals surface area (Å²) in [5, 5.41) is 0. The van der Waals surface area contributed by atoms with Crippen LogP contribution in [0, 0.1) is 0 Å². The van der Waals surface area contributed by atoms with Crippen LogP contribution in [0.25, 0.3) is 0 Å². The second-order valence-corrected chi connectivity index (χ2v) is 4.66. The van der Waals surface area contributed by atoms with Gasteiger partial charge in [-0.3, -0.25) is 0 Å². The van der Waals surface area contributed by atoms with Crippen LogP contribution in [0.3, 0.4) is 0 Å². The number of hydrogen-bond acceptors (Lipinski definition) is 0. The minimum absolute atomic E-state index is 0.777. The smallest absolute Gasteiger partial charge is 0.170 e. The molecule has 0 heterocycles. The van der Waals surface area contributed by atoms with Crippen molar-refractivity contribution in [2.24, 2.45) is 0 Å². The van der Waals surface area contributed by atoms with E-state index in [4.69, 9.17) is 0 Å². The van der Waals surface area contributed by atoms with Gasteiger partial charge in [0.2, 0.25) is 0 Å². The highest BCUT2D eigenvalue weighted by atomic mass is 15.0. The third-order valence-corrected chi connectivity index (χ3v) is 3.52. The fourth-order valence-corrected chi connectivity index (χ4v) is 2.60. The van der Waals surface area contributed by atoms with Crippen molar-refractivity contribution < 1.29 is 4.58 Å². The number of nitrogens with zero attached hydrogens (tertiary/aromatic N) is 1. The van der Waals surface area contributed by atoms with Crippen molar-refractivity contribution in [1.82, 2.24) is 0 Å². The van der Waals surface area contributed by atoms with Gasteiger partial charge in [-0.25, -0.2) is 4.58 Å². The van der Waals surface area contributed by atoms with Gasteiger partial charge in [-0.05, 0) is 31.9 Å². The first kappa shape index (κ1) is 11.4. The van der Waals surface area contributed by atoms with Crippen LogP contribution in [0.15, 0.2) is 30.3 Å². The van der Waals surface area contributed by atoms with Crippen molar-refractivity contribution in [2.45, 2.75) is 45.1 Å². The second-order valence-electron chi connectivity index (χ2n) is 4.66. The molecule has 0 radical (unpaired) electrons. The van der Waals surface area contributed by atoms with Gasteiger partial charge in [0.05, 0.1) is 0 Å². The molecule has 0 amide bonds. The quantitative estimate of drug-likeness (QED) is 0.537. The molecule has 0 aliphatic heterocycles. The summed E-state index contributed by atoms with van der Waals surface area (Å²) in [6.07, 6.45) is 9.32. The Morgan fingerprint density at radius 1 is 1.12 bits per heavy atom. The van der Waals surface area contributed by atoms with Crippen molar-refractivity contribution in [3.05, 3.63) is 35.9 Å². The summed E-state index contributed by atoms with van der Waals surface area (Å²) in [4.78, 5) is 0. The molecular formula is C15H22N+. The Labute approximate surface area is 98.8 Å². The molecule has 1 fully saturated rings. The molecule has 1 aliphatic carbocycles. The summed E-state index contributed by atoms with van der Waals surface area (Å²) in [6, 6.07) is 11.4. The Balaban J connectivity index is 2.12. The van der Waals surface area contributed by atoms with Gasteiger partial charge in [0.15, 0.2) is 12.3 Å². The second kappa shape index (κ2) is 5.83. The molecule has 0 N–H and O–H groups in total. The molecule has 0 atom stereocenters. The Kier molecular flexibility index (Phi) is 4.15. The molecule has 16 heavy (non-hydrogen) atoms. The van der Waals surface area contributed by atoms with E-state index < -0.39 is 0 Å². The van der Waals surface area contributed by atoms with Crippen LogP contribution in [0.2, 0.25) is 0 Å². The maximum Gasteiger partial charge on any atom is 0.170 e. The summed E-state index contributed by atoms with van der Waals surface area (Å²) in [7, 11) is 0. The average Bonchev–Trinajstić information content (AvgIpc) is 2.38. The summed E-state index contributed by atoms with van der Waals surface area (Å²) in [5.41, 5.74) is 1.33. The molecule has 0 spiro atoms. The van der Waals surface area contributed by atoms with E-state index in [9.17, 15) is 0 Å². The summed E-state index contributed by atoms with van der Waals surface area (Å²) >= 11 is 0. The molecule has 0 aromatic heterocycles. The van der Waals surface area contributed by atoms with Crippen molar-refractivity contribution in [3.63, 3.8) is 0 Å². The molecule has 1 aliphatic rings. The van der Waals surface area contributed by atoms with Gasteiger partial charge in [-0.1, -0.05) is 24.6 Å². The van der Waals surface area contributed by atoms with E-state index in [1.54, 1.807) is 0 Å². The lowest BCUT2D eigenvalue weighted by Crippen LogP contribution is -2.29. The number of rotatable bonds is 3. The standard InChI is InChI=1S/C15H22N/c1-2-16(15-11-7-4-8-12-15)13-14-9-5-3-6-10-14/h3,5-6,9-10,13,15H,2,4,7-8,11-12H2,1H3/q+1. The molecule has 0 bridgehead atoms. The first-order valence-corrected chi connectivity index (χ1v) is 6.56. The van der Waals surface area contributed by atoms with E-state index in [1.165, 1.54) is 37.7 Å². The number of benzene rings is 1. The van der Waals surface area contributed by atoms with Gasteiger partial charge in [0.25, 0.3) is 0 Å². The average molecular weight is 216 g/mol. The van der Waals surface area contributed by atoms with Crippen LogP contribution >= 0.6 is 0 Å². The molecule has 1 aromatic rings. The van der Waals surface area contributed by atoms with Gasteiger partial charge in [-0.15, -0.1) is 0 Å². The molecule has 86 valence electrons. The minimum atomic E-state index is 0.777. The highest BCUT2D eigenvalue weighted by Gasteiger charge is 2.21. The summed E-state index contributed by atoms with van der Waals surface area (Å²) < 4.78 is 2.52. The predicted octanol–water partition coefficient (Wildman–Crippen LogP) is 3.47. The summed E-state index contributed by atoms with van der Waals surface area (Å²) in [6.45, 7) is 3.38. The van der Waals surface area contributed by atoms with Crippen molar-refractivity contribution >= 4 is 6.21 Å². The van der Waals surface area contributed by atoms with Crippen molar-refractivity contribution in [2.75, 3.05) is 6.54 Å². The highest BCUT2D eigenvalue weighted by molar-refractivity contribution is 5.75. The van der Waals surface area contributed by atoms with Crippen LogP contribution in [0.1, 0.15) is 44.6 Å². The maximum atomic E-state index is 2.52. The lowest BCUT2D eigenvalue weighted by Gasteiger charge is -2.19. The molecule has 0 unspecified atom stereocenters. The van der Waals surface area contributed by atoms with Gasteiger partial charge in [0.1, 0.15) is 6.54 Å². The zero-order valence-electron chi connectivity index (χ0n) is 10.2. The van der Waals surface area contributed by atoms with Crippen molar-refractivity contribution in [3.8, 4) is 0 Å². The molecule has 1 heteroatoms. The first-order chi connectivity index (χ1) is 7.90. The van der Waals surface area contributed by atoms with Crippen LogP contribution in [0.5, 0.6) is 0 Å². The zero-order valence-corrected chi connectivity index (χ0v) is 10.2. The van der Waals surface area contributed by atoms with Gasteiger partial charge in [-0.2, -0.15) is 0 Å². The molecule has 0 saturated heterocycles. The number of hydrogen-bond donors (Lipinski definition) is 0. The Morgan fingerprint density at radius 2 is 1.81 bits per heavy atom. The highest BCUT2D eigenvalue weighted by Crippen LogP contribution is 2.20. The fourth-order valence-electron chi connectivity index (χ4n) is 2.60. The Morgan fingerprint density at radius 3 is 2.44 bits per heavy atom. The van der Waals surface area contributed by atoms with Crippen LogP contribution < -0.4 is 0 Å². The summed E-state index contributed by atoms with van der Waals surface area (Å²) in [5.74, 6) is 0. The topological polar surface area (TPSA) is 3.01 Å². The Bertz CT molecular complexity index is 334. The van der Waals surface area contributed by atoms with Crippen LogP contribution in [-0.4, -0.2) is 23.4 Å². The fraction of sp³-hybridized carbons (Fsp3) is 0.533. The van der Waals surface area contributed by atoms with E-state index in [0.717, 1.165) is 12.6 Å². The molecule has 2 rings (SSSR count). The van der Waals surface area contributed by atoms with Gasteiger partial charge < -0.3 is 0 Å². The third kappa shape index (κ3) is 2.94. The van der Waals surface area contributed by atoms with E-state index in [2.05, 4.69) is 48.0 Å². The minimum Gasteiger partial charge on any atom is -0.233 e. The molecule has 1 saturated carbocycles. The largest absolute Gasteiger partial charge is 0.233 e. The molecule has 1 nitrogen and oxygen atoms in total. The SMILES string of the molecule is CC[N+](=Cc1ccccc1)C1CCCCC1.